The number of aryl methyl sites for hydroxylation is 1. The Morgan fingerprint density at radius 2 is 1.81 bits per heavy atom. The van der Waals surface area contributed by atoms with Gasteiger partial charge in [-0.1, -0.05) is 0 Å². The van der Waals surface area contributed by atoms with Crippen molar-refractivity contribution in [3.05, 3.63) is 53.6 Å². The van der Waals surface area contributed by atoms with Crippen molar-refractivity contribution >= 4 is 17.5 Å². The van der Waals surface area contributed by atoms with Gasteiger partial charge in [0.1, 0.15) is 11.6 Å². The van der Waals surface area contributed by atoms with Crippen LogP contribution in [0.4, 0.5) is 11.6 Å². The molecule has 0 spiro atoms. The standard InChI is InChI=1S/C22H24N8O/c1-13-8-18(29-11-15(12-29)20(23)31)28-19(9-13)30-7-4-17-16(14(30)2)10-26-22(27-17)21-24-5-3-6-25-21/h3,5-6,8-10,14-15H,4,7,11-12H2,1-2H3,(H2,23,31). The highest BCUT2D eigenvalue weighted by atomic mass is 16.1. The van der Waals surface area contributed by atoms with Gasteiger partial charge in [-0.05, 0) is 37.6 Å². The fraction of sp³-hybridized carbons (Fsp3) is 0.364. The van der Waals surface area contributed by atoms with Crippen LogP contribution in [0.15, 0.2) is 36.8 Å². The second kappa shape index (κ2) is 7.57. The monoisotopic (exact) mass is 416 g/mol. The molecule has 2 aliphatic rings. The number of carbonyl (C=O) groups is 1. The summed E-state index contributed by atoms with van der Waals surface area (Å²) in [6.07, 6.45) is 6.06. The predicted octanol–water partition coefficient (Wildman–Crippen LogP) is 1.68. The van der Waals surface area contributed by atoms with E-state index in [0.29, 0.717) is 24.7 Å². The SMILES string of the molecule is Cc1cc(N2CC(C(N)=O)C2)nc(N2CCc3nc(-c4ncccn4)ncc3C2C)c1. The molecule has 5 heterocycles. The first-order valence-corrected chi connectivity index (χ1v) is 10.4. The van der Waals surface area contributed by atoms with Crippen molar-refractivity contribution in [2.24, 2.45) is 11.7 Å². The molecule has 31 heavy (non-hydrogen) atoms. The highest BCUT2D eigenvalue weighted by molar-refractivity contribution is 5.80. The van der Waals surface area contributed by atoms with Crippen molar-refractivity contribution in [2.75, 3.05) is 29.4 Å². The summed E-state index contributed by atoms with van der Waals surface area (Å²) in [5, 5.41) is 0. The number of nitrogens with two attached hydrogens (primary N) is 1. The first-order valence-electron chi connectivity index (χ1n) is 10.4. The van der Waals surface area contributed by atoms with Gasteiger partial charge in [0.25, 0.3) is 0 Å². The Bertz CT molecular complexity index is 1130. The van der Waals surface area contributed by atoms with Crippen molar-refractivity contribution in [3.63, 3.8) is 0 Å². The van der Waals surface area contributed by atoms with Crippen LogP contribution >= 0.6 is 0 Å². The van der Waals surface area contributed by atoms with E-state index in [1.165, 1.54) is 0 Å². The van der Waals surface area contributed by atoms with Gasteiger partial charge in [0.05, 0.1) is 17.7 Å². The van der Waals surface area contributed by atoms with E-state index in [9.17, 15) is 4.79 Å². The fourth-order valence-corrected chi connectivity index (χ4v) is 4.18. The first kappa shape index (κ1) is 19.3. The molecule has 9 heteroatoms. The van der Waals surface area contributed by atoms with E-state index < -0.39 is 0 Å². The maximum atomic E-state index is 11.4. The molecule has 5 rings (SSSR count). The molecule has 0 aromatic carbocycles. The lowest BCUT2D eigenvalue weighted by atomic mass is 9.98. The zero-order valence-corrected chi connectivity index (χ0v) is 17.6. The fourth-order valence-electron chi connectivity index (χ4n) is 4.18. The van der Waals surface area contributed by atoms with Gasteiger partial charge in [-0.3, -0.25) is 4.79 Å². The number of hydrogen-bond acceptors (Lipinski definition) is 8. The van der Waals surface area contributed by atoms with Crippen LogP contribution in [0.1, 0.15) is 29.8 Å². The summed E-state index contributed by atoms with van der Waals surface area (Å²) < 4.78 is 0. The predicted molar refractivity (Wildman–Crippen MR) is 116 cm³/mol. The lowest BCUT2D eigenvalue weighted by molar-refractivity contribution is -0.122. The Hall–Kier alpha value is -3.62. The smallest absolute Gasteiger partial charge is 0.224 e. The number of fused-ring (bicyclic) bond motifs is 1. The molecule has 0 aliphatic carbocycles. The topological polar surface area (TPSA) is 114 Å². The van der Waals surface area contributed by atoms with Gasteiger partial charge < -0.3 is 15.5 Å². The first-order chi connectivity index (χ1) is 15.0. The number of carbonyl (C=O) groups excluding carboxylic acids is 1. The molecule has 1 atom stereocenters. The lowest BCUT2D eigenvalue weighted by Gasteiger charge is -2.40. The van der Waals surface area contributed by atoms with Crippen molar-refractivity contribution in [1.29, 1.82) is 0 Å². The molecule has 1 fully saturated rings. The molecular weight excluding hydrogens is 392 g/mol. The molecule has 158 valence electrons. The second-order valence-electron chi connectivity index (χ2n) is 8.15. The van der Waals surface area contributed by atoms with Gasteiger partial charge >= 0.3 is 0 Å². The molecule has 3 aromatic rings. The molecular formula is C22H24N8O. The van der Waals surface area contributed by atoms with E-state index in [1.54, 1.807) is 18.5 Å². The Morgan fingerprint density at radius 1 is 1.06 bits per heavy atom. The summed E-state index contributed by atoms with van der Waals surface area (Å²) >= 11 is 0. The van der Waals surface area contributed by atoms with Gasteiger partial charge in [0, 0.05) is 50.2 Å². The van der Waals surface area contributed by atoms with Crippen LogP contribution in [0.3, 0.4) is 0 Å². The highest BCUT2D eigenvalue weighted by Gasteiger charge is 2.33. The third-order valence-corrected chi connectivity index (χ3v) is 6.02. The molecule has 9 nitrogen and oxygen atoms in total. The summed E-state index contributed by atoms with van der Waals surface area (Å²) in [5.41, 5.74) is 8.66. The van der Waals surface area contributed by atoms with E-state index >= 15 is 0 Å². The number of primary amides is 1. The van der Waals surface area contributed by atoms with E-state index in [4.69, 9.17) is 15.7 Å². The molecule has 2 aliphatic heterocycles. The van der Waals surface area contributed by atoms with Crippen LogP contribution in [-0.4, -0.2) is 50.5 Å². The number of aromatic nitrogens is 5. The third-order valence-electron chi connectivity index (χ3n) is 6.02. The minimum atomic E-state index is -0.245. The van der Waals surface area contributed by atoms with Crippen LogP contribution in [0, 0.1) is 12.8 Å². The zero-order valence-electron chi connectivity index (χ0n) is 17.6. The largest absolute Gasteiger partial charge is 0.369 e. The number of pyridine rings is 1. The van der Waals surface area contributed by atoms with Crippen LogP contribution in [0.25, 0.3) is 11.6 Å². The molecule has 0 saturated carbocycles. The average molecular weight is 416 g/mol. The van der Waals surface area contributed by atoms with Crippen LogP contribution in [0.5, 0.6) is 0 Å². The van der Waals surface area contributed by atoms with Crippen molar-refractivity contribution in [1.82, 2.24) is 24.9 Å². The van der Waals surface area contributed by atoms with Gasteiger partial charge in [0.2, 0.25) is 5.91 Å². The molecule has 1 amide bonds. The van der Waals surface area contributed by atoms with E-state index in [-0.39, 0.29) is 17.9 Å². The van der Waals surface area contributed by atoms with Crippen molar-refractivity contribution in [2.45, 2.75) is 26.3 Å². The number of anilines is 2. The highest BCUT2D eigenvalue weighted by Crippen LogP contribution is 2.34. The maximum Gasteiger partial charge on any atom is 0.224 e. The Kier molecular flexibility index (Phi) is 4.72. The van der Waals surface area contributed by atoms with Crippen molar-refractivity contribution < 1.29 is 4.79 Å². The third kappa shape index (κ3) is 3.56. The van der Waals surface area contributed by atoms with Gasteiger partial charge in [0.15, 0.2) is 11.6 Å². The molecule has 2 N–H and O–H groups in total. The molecule has 1 saturated heterocycles. The minimum Gasteiger partial charge on any atom is -0.369 e. The molecule has 0 radical (unpaired) electrons. The van der Waals surface area contributed by atoms with E-state index in [0.717, 1.165) is 41.4 Å². The minimum absolute atomic E-state index is 0.0893. The van der Waals surface area contributed by atoms with Crippen molar-refractivity contribution in [3.8, 4) is 11.6 Å². The van der Waals surface area contributed by atoms with Crippen LogP contribution in [0.2, 0.25) is 0 Å². The van der Waals surface area contributed by atoms with Crippen LogP contribution in [-0.2, 0) is 11.2 Å². The Balaban J connectivity index is 1.40. The summed E-state index contributed by atoms with van der Waals surface area (Å²) in [4.78, 5) is 38.4. The van der Waals surface area contributed by atoms with E-state index in [2.05, 4.69) is 50.7 Å². The molecule has 0 bridgehead atoms. The van der Waals surface area contributed by atoms with Gasteiger partial charge in [-0.15, -0.1) is 0 Å². The quantitative estimate of drug-likeness (QED) is 0.683. The summed E-state index contributed by atoms with van der Waals surface area (Å²) in [6.45, 7) is 6.28. The number of amides is 1. The number of rotatable bonds is 4. The van der Waals surface area contributed by atoms with Crippen LogP contribution < -0.4 is 15.5 Å². The summed E-state index contributed by atoms with van der Waals surface area (Å²) in [6, 6.07) is 6.02. The summed E-state index contributed by atoms with van der Waals surface area (Å²) in [7, 11) is 0. The normalized spacial score (nSPS) is 18.5. The van der Waals surface area contributed by atoms with Gasteiger partial charge in [-0.25, -0.2) is 24.9 Å². The Morgan fingerprint density at radius 3 is 2.55 bits per heavy atom. The average Bonchev–Trinajstić information content (AvgIpc) is 2.72. The summed E-state index contributed by atoms with van der Waals surface area (Å²) in [5.74, 6) is 2.56. The lowest BCUT2D eigenvalue weighted by Crippen LogP contribution is -2.53. The molecule has 3 aromatic heterocycles. The maximum absolute atomic E-state index is 11.4. The zero-order chi connectivity index (χ0) is 21.5. The number of hydrogen-bond donors (Lipinski definition) is 1. The molecule has 1 unspecified atom stereocenters. The number of nitrogens with zero attached hydrogens (tertiary/aromatic N) is 7. The van der Waals surface area contributed by atoms with Gasteiger partial charge in [-0.2, -0.15) is 0 Å². The Labute approximate surface area is 180 Å². The second-order valence-corrected chi connectivity index (χ2v) is 8.15. The van der Waals surface area contributed by atoms with E-state index in [1.807, 2.05) is 6.20 Å².